The van der Waals surface area contributed by atoms with Gasteiger partial charge in [0.1, 0.15) is 0 Å². The summed E-state index contributed by atoms with van der Waals surface area (Å²) in [6, 6.07) is 4.08. The van der Waals surface area contributed by atoms with E-state index in [9.17, 15) is 4.79 Å². The summed E-state index contributed by atoms with van der Waals surface area (Å²) < 4.78 is 5.12. The smallest absolute Gasteiger partial charge is 0.222 e. The summed E-state index contributed by atoms with van der Waals surface area (Å²) >= 11 is 1.68. The fourth-order valence-corrected chi connectivity index (χ4v) is 2.92. The van der Waals surface area contributed by atoms with Crippen LogP contribution in [0.15, 0.2) is 17.5 Å². The molecule has 5 heteroatoms. The van der Waals surface area contributed by atoms with Gasteiger partial charge < -0.3 is 15.4 Å². The SMILES string of the molecule is COCCN(Cc1cccs1)C(=O)CCC(C)(C)CCN. The molecule has 0 spiro atoms. The number of hydrogen-bond donors (Lipinski definition) is 1. The van der Waals surface area contributed by atoms with Crippen LogP contribution in [-0.4, -0.2) is 37.6 Å². The third kappa shape index (κ3) is 7.07. The predicted molar refractivity (Wildman–Crippen MR) is 88.3 cm³/mol. The van der Waals surface area contributed by atoms with Crippen LogP contribution in [0.3, 0.4) is 0 Å². The van der Waals surface area contributed by atoms with Crippen molar-refractivity contribution in [3.63, 3.8) is 0 Å². The average molecular weight is 312 g/mol. The van der Waals surface area contributed by atoms with Crippen molar-refractivity contribution >= 4 is 17.2 Å². The zero-order chi connectivity index (χ0) is 15.7. The van der Waals surface area contributed by atoms with Crippen molar-refractivity contribution in [2.45, 2.75) is 39.7 Å². The Hall–Kier alpha value is -0.910. The van der Waals surface area contributed by atoms with Gasteiger partial charge in [-0.15, -0.1) is 11.3 Å². The third-order valence-electron chi connectivity index (χ3n) is 3.68. The van der Waals surface area contributed by atoms with Crippen molar-refractivity contribution in [1.82, 2.24) is 4.90 Å². The summed E-state index contributed by atoms with van der Waals surface area (Å²) in [7, 11) is 1.66. The first-order chi connectivity index (χ1) is 9.98. The van der Waals surface area contributed by atoms with Crippen LogP contribution in [0.2, 0.25) is 0 Å². The van der Waals surface area contributed by atoms with Crippen molar-refractivity contribution in [3.05, 3.63) is 22.4 Å². The molecular weight excluding hydrogens is 284 g/mol. The number of ether oxygens (including phenoxy) is 1. The molecule has 0 unspecified atom stereocenters. The molecule has 1 aromatic rings. The standard InChI is InChI=1S/C16H28N2O2S/c1-16(2,8-9-17)7-6-15(19)18(10-11-20-3)13-14-5-4-12-21-14/h4-5,12H,6-11,13,17H2,1-3H3. The van der Waals surface area contributed by atoms with Crippen LogP contribution >= 0.6 is 11.3 Å². The summed E-state index contributed by atoms with van der Waals surface area (Å²) in [6.45, 7) is 6.91. The second-order valence-electron chi connectivity index (χ2n) is 6.09. The van der Waals surface area contributed by atoms with E-state index in [0.717, 1.165) is 12.8 Å². The molecule has 0 aromatic carbocycles. The fourth-order valence-electron chi connectivity index (χ4n) is 2.20. The quantitative estimate of drug-likeness (QED) is 0.723. The minimum Gasteiger partial charge on any atom is -0.383 e. The minimum absolute atomic E-state index is 0.125. The lowest BCUT2D eigenvalue weighted by atomic mass is 9.84. The van der Waals surface area contributed by atoms with Gasteiger partial charge in [0.2, 0.25) is 5.91 Å². The van der Waals surface area contributed by atoms with Gasteiger partial charge in [-0.05, 0) is 36.2 Å². The van der Waals surface area contributed by atoms with E-state index in [1.165, 1.54) is 4.88 Å². The number of nitrogens with two attached hydrogens (primary N) is 1. The lowest BCUT2D eigenvalue weighted by Crippen LogP contribution is -2.34. The summed E-state index contributed by atoms with van der Waals surface area (Å²) in [5.74, 6) is 0.200. The second-order valence-corrected chi connectivity index (χ2v) is 7.12. The van der Waals surface area contributed by atoms with Gasteiger partial charge in [0.05, 0.1) is 13.2 Å². The maximum atomic E-state index is 12.5. The highest BCUT2D eigenvalue weighted by molar-refractivity contribution is 7.09. The first-order valence-electron chi connectivity index (χ1n) is 7.47. The highest BCUT2D eigenvalue weighted by atomic mass is 32.1. The summed E-state index contributed by atoms with van der Waals surface area (Å²) in [6.07, 6.45) is 2.39. The molecule has 0 aliphatic carbocycles. The summed E-state index contributed by atoms with van der Waals surface area (Å²) in [4.78, 5) is 15.6. The summed E-state index contributed by atoms with van der Waals surface area (Å²) in [5.41, 5.74) is 5.75. The molecular formula is C16H28N2O2S. The second kappa shape index (κ2) is 9.18. The van der Waals surface area contributed by atoms with Crippen LogP contribution in [0.25, 0.3) is 0 Å². The topological polar surface area (TPSA) is 55.6 Å². The highest BCUT2D eigenvalue weighted by Crippen LogP contribution is 2.26. The van der Waals surface area contributed by atoms with Gasteiger partial charge in [-0.1, -0.05) is 19.9 Å². The molecule has 1 aromatic heterocycles. The molecule has 1 rings (SSSR count). The monoisotopic (exact) mass is 312 g/mol. The zero-order valence-corrected chi connectivity index (χ0v) is 14.2. The van der Waals surface area contributed by atoms with E-state index in [4.69, 9.17) is 10.5 Å². The van der Waals surface area contributed by atoms with Crippen molar-refractivity contribution in [3.8, 4) is 0 Å². The van der Waals surface area contributed by atoms with E-state index >= 15 is 0 Å². The Morgan fingerprint density at radius 3 is 2.76 bits per heavy atom. The van der Waals surface area contributed by atoms with Gasteiger partial charge in [-0.2, -0.15) is 0 Å². The van der Waals surface area contributed by atoms with E-state index in [1.807, 2.05) is 16.3 Å². The number of rotatable bonds is 10. The fraction of sp³-hybridized carbons (Fsp3) is 0.688. The largest absolute Gasteiger partial charge is 0.383 e. The minimum atomic E-state index is 0.125. The number of methoxy groups -OCH3 is 1. The van der Waals surface area contributed by atoms with Crippen molar-refractivity contribution < 1.29 is 9.53 Å². The Bertz CT molecular complexity index is 404. The van der Waals surface area contributed by atoms with Crippen LogP contribution in [0.5, 0.6) is 0 Å². The molecule has 0 radical (unpaired) electrons. The molecule has 120 valence electrons. The molecule has 0 aliphatic heterocycles. The molecule has 4 nitrogen and oxygen atoms in total. The number of carbonyl (C=O) groups is 1. The van der Waals surface area contributed by atoms with Crippen molar-refractivity contribution in [1.29, 1.82) is 0 Å². The van der Waals surface area contributed by atoms with Crippen LogP contribution in [0.1, 0.15) is 38.0 Å². The normalized spacial score (nSPS) is 11.6. The van der Waals surface area contributed by atoms with Gasteiger partial charge >= 0.3 is 0 Å². The van der Waals surface area contributed by atoms with Crippen LogP contribution in [0, 0.1) is 5.41 Å². The maximum Gasteiger partial charge on any atom is 0.222 e. The maximum absolute atomic E-state index is 12.5. The molecule has 0 saturated heterocycles. The Balaban J connectivity index is 2.54. The Labute approximate surface area is 132 Å². The molecule has 21 heavy (non-hydrogen) atoms. The Morgan fingerprint density at radius 2 is 2.19 bits per heavy atom. The van der Waals surface area contributed by atoms with Gasteiger partial charge in [0.15, 0.2) is 0 Å². The molecule has 0 aliphatic rings. The highest BCUT2D eigenvalue weighted by Gasteiger charge is 2.21. The molecule has 1 amide bonds. The zero-order valence-electron chi connectivity index (χ0n) is 13.4. The van der Waals surface area contributed by atoms with Gasteiger partial charge in [0, 0.05) is 25.0 Å². The van der Waals surface area contributed by atoms with Crippen LogP contribution in [0.4, 0.5) is 0 Å². The lowest BCUT2D eigenvalue weighted by Gasteiger charge is -2.26. The molecule has 0 fully saturated rings. The van der Waals surface area contributed by atoms with E-state index in [-0.39, 0.29) is 11.3 Å². The first-order valence-corrected chi connectivity index (χ1v) is 8.35. The Morgan fingerprint density at radius 1 is 1.43 bits per heavy atom. The van der Waals surface area contributed by atoms with E-state index in [2.05, 4.69) is 19.9 Å². The van der Waals surface area contributed by atoms with Crippen molar-refractivity contribution in [2.75, 3.05) is 26.8 Å². The van der Waals surface area contributed by atoms with E-state index in [0.29, 0.717) is 32.7 Å². The molecule has 0 bridgehead atoms. The number of thiophene rings is 1. The number of amides is 1. The van der Waals surface area contributed by atoms with E-state index in [1.54, 1.807) is 18.4 Å². The molecule has 1 heterocycles. The molecule has 0 saturated carbocycles. The molecule has 0 atom stereocenters. The number of carbonyl (C=O) groups excluding carboxylic acids is 1. The van der Waals surface area contributed by atoms with E-state index < -0.39 is 0 Å². The van der Waals surface area contributed by atoms with Gasteiger partial charge in [0.25, 0.3) is 0 Å². The average Bonchev–Trinajstić information content (AvgIpc) is 2.94. The third-order valence-corrected chi connectivity index (χ3v) is 4.54. The van der Waals surface area contributed by atoms with Crippen LogP contribution < -0.4 is 5.73 Å². The molecule has 2 N–H and O–H groups in total. The van der Waals surface area contributed by atoms with Crippen LogP contribution in [-0.2, 0) is 16.1 Å². The van der Waals surface area contributed by atoms with Crippen molar-refractivity contribution in [2.24, 2.45) is 11.1 Å². The van der Waals surface area contributed by atoms with Gasteiger partial charge in [-0.3, -0.25) is 4.79 Å². The lowest BCUT2D eigenvalue weighted by molar-refractivity contribution is -0.133. The number of hydrogen-bond acceptors (Lipinski definition) is 4. The predicted octanol–water partition coefficient (Wildman–Crippen LogP) is 2.88. The Kier molecular flexibility index (Phi) is 7.93. The first kappa shape index (κ1) is 18.1. The summed E-state index contributed by atoms with van der Waals surface area (Å²) in [5, 5.41) is 2.04. The number of nitrogens with zero attached hydrogens (tertiary/aromatic N) is 1. The van der Waals surface area contributed by atoms with Gasteiger partial charge in [-0.25, -0.2) is 0 Å².